The highest BCUT2D eigenvalue weighted by Crippen LogP contribution is 2.51. The van der Waals surface area contributed by atoms with E-state index in [2.05, 4.69) is 11.4 Å². The van der Waals surface area contributed by atoms with Crippen molar-refractivity contribution in [2.75, 3.05) is 11.9 Å². The van der Waals surface area contributed by atoms with E-state index in [0.717, 1.165) is 18.0 Å². The molecular formula is C30H31F5N6O. The average molecular weight is 587 g/mol. The maximum atomic E-state index is 14.2. The van der Waals surface area contributed by atoms with Gasteiger partial charge in [0, 0.05) is 61.5 Å². The number of nitriles is 1. The van der Waals surface area contributed by atoms with Gasteiger partial charge in [-0.05, 0) is 60.2 Å². The third kappa shape index (κ3) is 5.62. The fraction of sp³-hybridized carbons (Fsp3) is 0.467. The van der Waals surface area contributed by atoms with Gasteiger partial charge in [0.05, 0.1) is 24.5 Å². The normalized spacial score (nSPS) is 24.6. The molecular weight excluding hydrogens is 555 g/mol. The first kappa shape index (κ1) is 29.6. The fourth-order valence-corrected chi connectivity index (χ4v) is 6.40. The van der Waals surface area contributed by atoms with Crippen LogP contribution in [0.5, 0.6) is 0 Å². The number of anilines is 1. The van der Waals surface area contributed by atoms with Crippen LogP contribution >= 0.6 is 0 Å². The molecule has 3 N–H and O–H groups in total. The maximum Gasteiger partial charge on any atom is 0.416 e. The SMILES string of the molecule is CN(C=N)C(=N)C[C@]1(c2cccc(N3Cc4c(cc(CNC5CCC(F)(F)C5)cc4C(F)(F)F)C3=O)c2)C[C@H](C#N)C1. The zero-order valence-corrected chi connectivity index (χ0v) is 23.0. The molecule has 2 aromatic carbocycles. The van der Waals surface area contributed by atoms with Crippen LogP contribution in [-0.2, 0) is 24.7 Å². The molecule has 1 atom stereocenters. The van der Waals surface area contributed by atoms with Gasteiger partial charge >= 0.3 is 6.18 Å². The number of fused-ring (bicyclic) bond motifs is 1. The molecule has 1 heterocycles. The second-order valence-corrected chi connectivity index (χ2v) is 11.7. The van der Waals surface area contributed by atoms with E-state index < -0.39 is 35.0 Å². The number of carbonyl (C=O) groups excluding carboxylic acids is 1. The van der Waals surface area contributed by atoms with Crippen molar-refractivity contribution in [2.45, 2.75) is 75.2 Å². The second-order valence-electron chi connectivity index (χ2n) is 11.7. The van der Waals surface area contributed by atoms with Gasteiger partial charge in [-0.25, -0.2) is 8.78 Å². The zero-order valence-electron chi connectivity index (χ0n) is 23.0. The molecule has 5 rings (SSSR count). The van der Waals surface area contributed by atoms with Gasteiger partial charge in [0.1, 0.15) is 5.84 Å². The van der Waals surface area contributed by atoms with Crippen LogP contribution in [0.1, 0.15) is 71.1 Å². The van der Waals surface area contributed by atoms with Gasteiger partial charge in [-0.1, -0.05) is 12.1 Å². The molecule has 222 valence electrons. The molecule has 2 saturated carbocycles. The quantitative estimate of drug-likeness (QED) is 0.194. The number of nitrogens with zero attached hydrogens (tertiary/aromatic N) is 3. The van der Waals surface area contributed by atoms with Crippen LogP contribution < -0.4 is 10.2 Å². The van der Waals surface area contributed by atoms with Crippen LogP contribution in [0.3, 0.4) is 0 Å². The van der Waals surface area contributed by atoms with Crippen LogP contribution in [0, 0.1) is 28.1 Å². The molecule has 0 spiro atoms. The van der Waals surface area contributed by atoms with E-state index in [1.54, 1.807) is 25.2 Å². The molecule has 0 radical (unpaired) electrons. The topological polar surface area (TPSA) is 107 Å². The predicted molar refractivity (Wildman–Crippen MR) is 147 cm³/mol. The second kappa shape index (κ2) is 10.8. The molecule has 1 aliphatic heterocycles. The number of alkyl halides is 5. The molecule has 2 aromatic rings. The van der Waals surface area contributed by atoms with Gasteiger partial charge in [-0.2, -0.15) is 18.4 Å². The van der Waals surface area contributed by atoms with Crippen molar-refractivity contribution in [1.29, 1.82) is 16.1 Å². The number of amidine groups is 1. The van der Waals surface area contributed by atoms with E-state index in [1.165, 1.54) is 15.9 Å². The van der Waals surface area contributed by atoms with Crippen molar-refractivity contribution in [3.63, 3.8) is 0 Å². The standard InChI is InChI=1S/C30H31F5N6O/c1-40(17-37)26(38)13-28(10-19(11-28)14-36)20-3-2-4-22(9-20)41-16-24-23(27(41)42)7-18(8-25(24)30(33,34)35)15-39-21-5-6-29(31,32)12-21/h2-4,7-9,17,19,21,37-39H,5-6,10-13,15-16H2,1H3/t19-,21?,28-. The number of rotatable bonds is 8. The number of hydrogen-bond acceptors (Lipinski definition) is 5. The van der Waals surface area contributed by atoms with Crippen molar-refractivity contribution in [2.24, 2.45) is 5.92 Å². The molecule has 2 aliphatic carbocycles. The molecule has 42 heavy (non-hydrogen) atoms. The van der Waals surface area contributed by atoms with E-state index in [1.807, 2.05) is 6.07 Å². The summed E-state index contributed by atoms with van der Waals surface area (Å²) in [6, 6.07) is 11.1. The van der Waals surface area contributed by atoms with Crippen molar-refractivity contribution in [3.8, 4) is 6.07 Å². The van der Waals surface area contributed by atoms with E-state index in [-0.39, 0.29) is 67.2 Å². The Labute approximate surface area is 240 Å². The van der Waals surface area contributed by atoms with Gasteiger partial charge in [-0.3, -0.25) is 15.6 Å². The summed E-state index contributed by atoms with van der Waals surface area (Å²) < 4.78 is 69.7. The van der Waals surface area contributed by atoms with E-state index in [4.69, 9.17) is 10.8 Å². The summed E-state index contributed by atoms with van der Waals surface area (Å²) in [5.74, 6) is -3.40. The summed E-state index contributed by atoms with van der Waals surface area (Å²) in [4.78, 5) is 16.2. The van der Waals surface area contributed by atoms with Crippen LogP contribution in [0.4, 0.5) is 27.6 Å². The third-order valence-corrected chi connectivity index (χ3v) is 8.76. The minimum absolute atomic E-state index is 0.0685. The van der Waals surface area contributed by atoms with Gasteiger partial charge in [0.25, 0.3) is 5.91 Å². The average Bonchev–Trinajstić information content (AvgIpc) is 3.45. The number of hydrogen-bond donors (Lipinski definition) is 3. The van der Waals surface area contributed by atoms with Gasteiger partial charge in [0.2, 0.25) is 5.92 Å². The van der Waals surface area contributed by atoms with Crippen molar-refractivity contribution in [3.05, 3.63) is 64.2 Å². The third-order valence-electron chi connectivity index (χ3n) is 8.76. The number of carbonyl (C=O) groups is 1. The Bertz CT molecular complexity index is 1460. The number of halogens is 5. The summed E-state index contributed by atoms with van der Waals surface area (Å²) in [7, 11) is 1.59. The van der Waals surface area contributed by atoms with Crippen LogP contribution in [0.15, 0.2) is 36.4 Å². The van der Waals surface area contributed by atoms with Crippen LogP contribution in [0.25, 0.3) is 0 Å². The molecule has 7 nitrogen and oxygen atoms in total. The lowest BCUT2D eigenvalue weighted by atomic mass is 9.57. The minimum Gasteiger partial charge on any atom is -0.325 e. The monoisotopic (exact) mass is 586 g/mol. The molecule has 0 saturated heterocycles. The highest BCUT2D eigenvalue weighted by atomic mass is 19.4. The molecule has 0 aromatic heterocycles. The lowest BCUT2D eigenvalue weighted by Gasteiger charge is -2.46. The predicted octanol–water partition coefficient (Wildman–Crippen LogP) is 6.22. The minimum atomic E-state index is -4.72. The van der Waals surface area contributed by atoms with Crippen molar-refractivity contribution in [1.82, 2.24) is 10.2 Å². The molecule has 0 bridgehead atoms. The molecule has 1 unspecified atom stereocenters. The lowest BCUT2D eigenvalue weighted by Crippen LogP contribution is -2.44. The van der Waals surface area contributed by atoms with Crippen molar-refractivity contribution < 1.29 is 26.7 Å². The maximum absolute atomic E-state index is 14.2. The summed E-state index contributed by atoms with van der Waals surface area (Å²) in [5, 5.41) is 28.2. The van der Waals surface area contributed by atoms with Crippen molar-refractivity contribution >= 4 is 23.8 Å². The summed E-state index contributed by atoms with van der Waals surface area (Å²) in [6.45, 7) is -0.353. The summed E-state index contributed by atoms with van der Waals surface area (Å²) in [6.07, 6.45) is -2.89. The van der Waals surface area contributed by atoms with Gasteiger partial charge < -0.3 is 15.1 Å². The molecule has 2 fully saturated rings. The van der Waals surface area contributed by atoms with Crippen LogP contribution in [0.2, 0.25) is 0 Å². The van der Waals surface area contributed by atoms with Crippen LogP contribution in [-0.4, -0.2) is 42.0 Å². The largest absolute Gasteiger partial charge is 0.416 e. The highest BCUT2D eigenvalue weighted by Gasteiger charge is 2.47. The number of amides is 1. The first-order valence-corrected chi connectivity index (χ1v) is 13.7. The Hall–Kier alpha value is -3.85. The van der Waals surface area contributed by atoms with E-state index in [9.17, 15) is 32.0 Å². The smallest absolute Gasteiger partial charge is 0.325 e. The zero-order chi connectivity index (χ0) is 30.4. The fourth-order valence-electron chi connectivity index (χ4n) is 6.40. The van der Waals surface area contributed by atoms with E-state index >= 15 is 0 Å². The Morgan fingerprint density at radius 2 is 1.98 bits per heavy atom. The Morgan fingerprint density at radius 3 is 2.60 bits per heavy atom. The first-order valence-electron chi connectivity index (χ1n) is 13.7. The number of nitrogens with one attached hydrogen (secondary N) is 3. The summed E-state index contributed by atoms with van der Waals surface area (Å²) >= 11 is 0. The highest BCUT2D eigenvalue weighted by molar-refractivity contribution is 6.10. The van der Waals surface area contributed by atoms with Gasteiger partial charge in [-0.15, -0.1) is 0 Å². The van der Waals surface area contributed by atoms with E-state index in [0.29, 0.717) is 18.5 Å². The molecule has 1 amide bonds. The molecule has 3 aliphatic rings. The summed E-state index contributed by atoms with van der Waals surface area (Å²) in [5.41, 5.74) is -0.324. The lowest BCUT2D eigenvalue weighted by molar-refractivity contribution is -0.138. The molecule has 12 heteroatoms. The number of benzene rings is 2. The Balaban J connectivity index is 1.43. The Kier molecular flexibility index (Phi) is 7.60. The van der Waals surface area contributed by atoms with Gasteiger partial charge in [0.15, 0.2) is 0 Å². The Morgan fingerprint density at radius 1 is 1.24 bits per heavy atom. The first-order chi connectivity index (χ1) is 19.7.